The molecule has 0 aliphatic carbocycles. The summed E-state index contributed by atoms with van der Waals surface area (Å²) in [7, 11) is 0. The molecule has 1 fully saturated rings. The number of aliphatic hydroxyl groups excluding tert-OH is 1. The highest BCUT2D eigenvalue weighted by molar-refractivity contribution is 5.96. The van der Waals surface area contributed by atoms with Gasteiger partial charge in [0.15, 0.2) is 0 Å². The number of halogens is 1. The number of hydrogen-bond donors (Lipinski definition) is 3. The third-order valence-corrected chi connectivity index (χ3v) is 3.65. The van der Waals surface area contributed by atoms with Crippen molar-refractivity contribution in [3.05, 3.63) is 30.1 Å². The summed E-state index contributed by atoms with van der Waals surface area (Å²) >= 11 is 0. The van der Waals surface area contributed by atoms with Gasteiger partial charge in [-0.15, -0.1) is 0 Å². The number of benzene rings is 1. The number of amides is 3. The molecule has 0 saturated carbocycles. The third-order valence-electron chi connectivity index (χ3n) is 3.65. The van der Waals surface area contributed by atoms with E-state index in [9.17, 15) is 14.0 Å². The maximum Gasteiger partial charge on any atom is 0.315 e. The Hall–Kier alpha value is -2.15. The second-order valence-corrected chi connectivity index (χ2v) is 5.29. The van der Waals surface area contributed by atoms with Crippen LogP contribution in [0, 0.1) is 5.82 Å². The lowest BCUT2D eigenvalue weighted by molar-refractivity contribution is -0.117. The van der Waals surface area contributed by atoms with E-state index in [4.69, 9.17) is 5.11 Å². The zero-order valence-corrected chi connectivity index (χ0v) is 12.4. The molecule has 1 heterocycles. The van der Waals surface area contributed by atoms with E-state index in [2.05, 4.69) is 10.6 Å². The normalized spacial score (nSPS) is 19.1. The lowest BCUT2D eigenvalue weighted by Gasteiger charge is -2.19. The van der Waals surface area contributed by atoms with Crippen molar-refractivity contribution >= 4 is 17.6 Å². The summed E-state index contributed by atoms with van der Waals surface area (Å²) in [5.41, 5.74) is 0.609. The van der Waals surface area contributed by atoms with Crippen molar-refractivity contribution in [1.29, 1.82) is 0 Å². The molecule has 0 radical (unpaired) electrons. The van der Waals surface area contributed by atoms with Crippen LogP contribution < -0.4 is 15.5 Å². The van der Waals surface area contributed by atoms with Gasteiger partial charge in [0.1, 0.15) is 5.82 Å². The van der Waals surface area contributed by atoms with Crippen molar-refractivity contribution in [2.75, 3.05) is 18.1 Å². The van der Waals surface area contributed by atoms with Gasteiger partial charge >= 0.3 is 6.03 Å². The first-order valence-electron chi connectivity index (χ1n) is 7.27. The summed E-state index contributed by atoms with van der Waals surface area (Å²) in [4.78, 5) is 25.3. The Labute approximate surface area is 128 Å². The van der Waals surface area contributed by atoms with E-state index in [1.165, 1.54) is 29.2 Å². The summed E-state index contributed by atoms with van der Waals surface area (Å²) in [6.07, 6.45) is 0.815. The second-order valence-electron chi connectivity index (χ2n) is 5.29. The van der Waals surface area contributed by atoms with Gasteiger partial charge in [0.2, 0.25) is 5.91 Å². The molecule has 2 rings (SSSR count). The van der Waals surface area contributed by atoms with Crippen molar-refractivity contribution in [2.24, 2.45) is 0 Å². The molecule has 0 bridgehead atoms. The molecule has 0 spiro atoms. The Morgan fingerprint density at radius 2 is 2.14 bits per heavy atom. The molecule has 1 aromatic carbocycles. The molecule has 120 valence electrons. The number of nitrogens with one attached hydrogen (secondary N) is 2. The van der Waals surface area contributed by atoms with Gasteiger partial charge in [-0.1, -0.05) is 6.92 Å². The van der Waals surface area contributed by atoms with Gasteiger partial charge in [-0.25, -0.2) is 9.18 Å². The van der Waals surface area contributed by atoms with Crippen LogP contribution in [0.15, 0.2) is 24.3 Å². The smallest absolute Gasteiger partial charge is 0.315 e. The van der Waals surface area contributed by atoms with Crippen LogP contribution in [0.4, 0.5) is 14.9 Å². The minimum absolute atomic E-state index is 0.119. The van der Waals surface area contributed by atoms with E-state index in [0.717, 1.165) is 0 Å². The minimum Gasteiger partial charge on any atom is -0.394 e. The molecule has 1 aromatic rings. The van der Waals surface area contributed by atoms with Crippen molar-refractivity contribution in [3.63, 3.8) is 0 Å². The first kappa shape index (κ1) is 16.2. The van der Waals surface area contributed by atoms with Gasteiger partial charge in [-0.05, 0) is 30.7 Å². The topological polar surface area (TPSA) is 81.7 Å². The number of hydrogen-bond acceptors (Lipinski definition) is 3. The second kappa shape index (κ2) is 7.22. The Bertz CT molecular complexity index is 531. The minimum atomic E-state index is -0.403. The molecule has 2 atom stereocenters. The molecule has 6 nitrogen and oxygen atoms in total. The predicted octanol–water partition coefficient (Wildman–Crippen LogP) is 1.00. The fourth-order valence-electron chi connectivity index (χ4n) is 2.36. The lowest BCUT2D eigenvalue weighted by Crippen LogP contribution is -2.48. The molecule has 7 heteroatoms. The van der Waals surface area contributed by atoms with Gasteiger partial charge in [0.05, 0.1) is 18.7 Å². The summed E-state index contributed by atoms with van der Waals surface area (Å²) in [5.74, 6) is -0.481. The van der Waals surface area contributed by atoms with Crippen LogP contribution >= 0.6 is 0 Å². The van der Waals surface area contributed by atoms with Crippen LogP contribution in [-0.2, 0) is 4.79 Å². The number of aliphatic hydroxyl groups is 1. The van der Waals surface area contributed by atoms with Crippen LogP contribution in [-0.4, -0.2) is 42.3 Å². The van der Waals surface area contributed by atoms with E-state index in [-0.39, 0.29) is 36.8 Å². The van der Waals surface area contributed by atoms with E-state index < -0.39 is 6.03 Å². The molecule has 0 unspecified atom stereocenters. The van der Waals surface area contributed by atoms with E-state index in [1.54, 1.807) is 0 Å². The van der Waals surface area contributed by atoms with Crippen LogP contribution in [0.2, 0.25) is 0 Å². The number of nitrogens with zero attached hydrogens (tertiary/aromatic N) is 1. The van der Waals surface area contributed by atoms with Crippen LogP contribution in [0.25, 0.3) is 0 Å². The number of rotatable bonds is 5. The first-order chi connectivity index (χ1) is 10.5. The van der Waals surface area contributed by atoms with Crippen LogP contribution in [0.1, 0.15) is 19.8 Å². The lowest BCUT2D eigenvalue weighted by atomic mass is 10.2. The molecule has 1 aliphatic heterocycles. The molecule has 22 heavy (non-hydrogen) atoms. The maximum absolute atomic E-state index is 12.9. The molecular weight excluding hydrogens is 289 g/mol. The fourth-order valence-corrected chi connectivity index (χ4v) is 2.36. The van der Waals surface area contributed by atoms with E-state index in [1.807, 2.05) is 6.92 Å². The number of urea groups is 1. The number of carbonyl (C=O) groups excluding carboxylic acids is 2. The zero-order valence-electron chi connectivity index (χ0n) is 12.4. The zero-order chi connectivity index (χ0) is 16.1. The maximum atomic E-state index is 12.9. The standard InChI is InChI=1S/C15H20FN3O3/c1-2-11(9-20)17-15(22)18-12-7-14(21)19(8-12)13-5-3-10(16)4-6-13/h3-6,11-12,20H,2,7-9H2,1H3,(H2,17,18,22)/t11-,12-/m1/s1. The monoisotopic (exact) mass is 309 g/mol. The van der Waals surface area contributed by atoms with E-state index >= 15 is 0 Å². The summed E-state index contributed by atoms with van der Waals surface area (Å²) in [5, 5.41) is 14.4. The van der Waals surface area contributed by atoms with Crippen LogP contribution in [0.3, 0.4) is 0 Å². The van der Waals surface area contributed by atoms with Gasteiger partial charge in [0, 0.05) is 18.7 Å². The summed E-state index contributed by atoms with van der Waals surface area (Å²) < 4.78 is 12.9. The van der Waals surface area contributed by atoms with Gasteiger partial charge in [-0.2, -0.15) is 0 Å². The summed E-state index contributed by atoms with van der Waals surface area (Å²) in [6.45, 7) is 2.07. The largest absolute Gasteiger partial charge is 0.394 e. The summed E-state index contributed by atoms with van der Waals surface area (Å²) in [6, 6.07) is 4.65. The van der Waals surface area contributed by atoms with Crippen molar-refractivity contribution in [2.45, 2.75) is 31.8 Å². The molecule has 0 aromatic heterocycles. The molecule has 3 amide bonds. The quantitative estimate of drug-likeness (QED) is 0.759. The molecule has 1 saturated heterocycles. The highest BCUT2D eigenvalue weighted by Crippen LogP contribution is 2.21. The third kappa shape index (κ3) is 3.94. The van der Waals surface area contributed by atoms with Gasteiger partial charge in [0.25, 0.3) is 0 Å². The first-order valence-corrected chi connectivity index (χ1v) is 7.27. The average molecular weight is 309 g/mol. The highest BCUT2D eigenvalue weighted by atomic mass is 19.1. The SMILES string of the molecule is CC[C@H](CO)NC(=O)N[C@@H]1CC(=O)N(c2ccc(F)cc2)C1. The fraction of sp³-hybridized carbons (Fsp3) is 0.467. The molecular formula is C15H20FN3O3. The van der Waals surface area contributed by atoms with Crippen molar-refractivity contribution in [1.82, 2.24) is 10.6 Å². The average Bonchev–Trinajstić information content (AvgIpc) is 2.86. The van der Waals surface area contributed by atoms with Gasteiger partial charge < -0.3 is 20.6 Å². The van der Waals surface area contributed by atoms with E-state index in [0.29, 0.717) is 18.7 Å². The Morgan fingerprint density at radius 3 is 2.73 bits per heavy atom. The predicted molar refractivity (Wildman–Crippen MR) is 80.0 cm³/mol. The number of anilines is 1. The van der Waals surface area contributed by atoms with Crippen molar-refractivity contribution in [3.8, 4) is 0 Å². The Morgan fingerprint density at radius 1 is 1.45 bits per heavy atom. The highest BCUT2D eigenvalue weighted by Gasteiger charge is 2.31. The Balaban J connectivity index is 1.92. The molecule has 1 aliphatic rings. The van der Waals surface area contributed by atoms with Crippen LogP contribution in [0.5, 0.6) is 0 Å². The number of carbonyl (C=O) groups is 2. The van der Waals surface area contributed by atoms with Gasteiger partial charge in [-0.3, -0.25) is 4.79 Å². The Kier molecular flexibility index (Phi) is 5.32. The van der Waals surface area contributed by atoms with Crippen molar-refractivity contribution < 1.29 is 19.1 Å². The molecule has 3 N–H and O–H groups in total.